The van der Waals surface area contributed by atoms with E-state index in [0.29, 0.717) is 30.6 Å². The Morgan fingerprint density at radius 3 is 2.27 bits per heavy atom. The van der Waals surface area contributed by atoms with Gasteiger partial charge in [0.15, 0.2) is 0 Å². The van der Waals surface area contributed by atoms with Gasteiger partial charge in [0.25, 0.3) is 0 Å². The van der Waals surface area contributed by atoms with E-state index in [1.807, 2.05) is 19.1 Å². The van der Waals surface area contributed by atoms with Crippen molar-refractivity contribution in [2.24, 2.45) is 5.92 Å². The second-order valence-corrected chi connectivity index (χ2v) is 10.3. The van der Waals surface area contributed by atoms with Crippen molar-refractivity contribution in [3.8, 4) is 5.75 Å². The Kier molecular flexibility index (Phi) is 7.60. The molecule has 1 aliphatic rings. The molecule has 1 saturated carbocycles. The fourth-order valence-corrected chi connectivity index (χ4v) is 3.66. The van der Waals surface area contributed by atoms with Crippen molar-refractivity contribution in [2.45, 2.75) is 85.5 Å². The van der Waals surface area contributed by atoms with Crippen LogP contribution >= 0.6 is 0 Å². The molecule has 0 spiro atoms. The second-order valence-electron chi connectivity index (χ2n) is 10.3. The molecule has 0 aliphatic heterocycles. The summed E-state index contributed by atoms with van der Waals surface area (Å²) in [4.78, 5) is 11.8. The van der Waals surface area contributed by atoms with Crippen LogP contribution < -0.4 is 4.74 Å². The van der Waals surface area contributed by atoms with Gasteiger partial charge in [-0.1, -0.05) is 71.9 Å². The normalized spacial score (nSPS) is 19.8. The monoisotopic (exact) mass is 412 g/mol. The molecule has 2 atom stereocenters. The first-order chi connectivity index (χ1) is 13.9. The van der Waals surface area contributed by atoms with Gasteiger partial charge in [0, 0.05) is 11.1 Å². The maximum atomic E-state index is 11.8. The van der Waals surface area contributed by atoms with Crippen molar-refractivity contribution in [1.29, 1.82) is 0 Å². The van der Waals surface area contributed by atoms with Gasteiger partial charge in [-0.15, -0.1) is 0 Å². The molecule has 0 N–H and O–H groups in total. The SMILES string of the molecule is CCOC(=O)/C(C)=C/C=C/C1CC1c1cc(C(C)(C)C)cc(C(C)(C)C)c1OCC. The van der Waals surface area contributed by atoms with Crippen molar-refractivity contribution in [3.05, 3.63) is 52.6 Å². The lowest BCUT2D eigenvalue weighted by Crippen LogP contribution is -2.19. The third-order valence-electron chi connectivity index (χ3n) is 5.62. The van der Waals surface area contributed by atoms with Crippen LogP contribution in [0.2, 0.25) is 0 Å². The minimum atomic E-state index is -0.249. The molecule has 0 aromatic heterocycles. The van der Waals surface area contributed by atoms with Crippen LogP contribution in [0.3, 0.4) is 0 Å². The molecule has 0 heterocycles. The molecule has 1 aliphatic carbocycles. The predicted molar refractivity (Wildman–Crippen MR) is 125 cm³/mol. The number of rotatable bonds is 7. The highest BCUT2D eigenvalue weighted by molar-refractivity contribution is 5.88. The lowest BCUT2D eigenvalue weighted by molar-refractivity contribution is -0.138. The Morgan fingerprint density at radius 1 is 1.07 bits per heavy atom. The maximum absolute atomic E-state index is 11.8. The van der Waals surface area contributed by atoms with Crippen molar-refractivity contribution >= 4 is 5.97 Å². The summed E-state index contributed by atoms with van der Waals surface area (Å²) in [6.45, 7) is 20.3. The van der Waals surface area contributed by atoms with E-state index in [0.717, 1.165) is 12.2 Å². The van der Waals surface area contributed by atoms with E-state index in [-0.39, 0.29) is 16.8 Å². The van der Waals surface area contributed by atoms with Crippen LogP contribution in [0.5, 0.6) is 5.75 Å². The number of allylic oxidation sites excluding steroid dienone is 3. The zero-order valence-electron chi connectivity index (χ0n) is 20.4. The van der Waals surface area contributed by atoms with E-state index in [2.05, 4.69) is 66.7 Å². The van der Waals surface area contributed by atoms with Crippen molar-refractivity contribution in [1.82, 2.24) is 0 Å². The smallest absolute Gasteiger partial charge is 0.333 e. The summed E-state index contributed by atoms with van der Waals surface area (Å²) in [5, 5.41) is 0. The molecule has 0 saturated heterocycles. The van der Waals surface area contributed by atoms with Crippen LogP contribution in [0.4, 0.5) is 0 Å². The summed E-state index contributed by atoms with van der Waals surface area (Å²) in [6.07, 6.45) is 7.17. The number of esters is 1. The number of carbonyl (C=O) groups excluding carboxylic acids is 1. The number of carbonyl (C=O) groups is 1. The van der Waals surface area contributed by atoms with Gasteiger partial charge in [-0.05, 0) is 61.0 Å². The quantitative estimate of drug-likeness (QED) is 0.279. The number of benzene rings is 1. The fourth-order valence-electron chi connectivity index (χ4n) is 3.66. The van der Waals surface area contributed by atoms with Gasteiger partial charge in [0.2, 0.25) is 0 Å². The van der Waals surface area contributed by atoms with Gasteiger partial charge in [0.05, 0.1) is 13.2 Å². The van der Waals surface area contributed by atoms with E-state index in [1.54, 1.807) is 6.92 Å². The third-order valence-corrected chi connectivity index (χ3v) is 5.62. The molecule has 30 heavy (non-hydrogen) atoms. The Hall–Kier alpha value is -2.03. The van der Waals surface area contributed by atoms with Crippen molar-refractivity contribution < 1.29 is 14.3 Å². The first-order valence-electron chi connectivity index (χ1n) is 11.2. The Labute approximate surface area is 183 Å². The Morgan fingerprint density at radius 2 is 1.73 bits per heavy atom. The van der Waals surface area contributed by atoms with Crippen LogP contribution in [-0.2, 0) is 20.4 Å². The number of hydrogen-bond acceptors (Lipinski definition) is 3. The average Bonchev–Trinajstić information content (AvgIpc) is 3.39. The summed E-state index contributed by atoms with van der Waals surface area (Å²) in [7, 11) is 0. The lowest BCUT2D eigenvalue weighted by atomic mass is 9.78. The molecule has 1 aromatic rings. The average molecular weight is 413 g/mol. The standard InChI is InChI=1S/C27H40O3/c1-10-29-24-22(16-20(26(4,5)6)17-23(24)27(7,8)9)21-15-19(21)14-12-13-18(3)25(28)30-11-2/h12-14,16-17,19,21H,10-11,15H2,1-9H3/b14-12+,18-13+. The molecule has 166 valence electrons. The number of hydrogen-bond donors (Lipinski definition) is 0. The van der Waals surface area contributed by atoms with Crippen molar-refractivity contribution in [2.75, 3.05) is 13.2 Å². The highest BCUT2D eigenvalue weighted by Crippen LogP contribution is 2.54. The topological polar surface area (TPSA) is 35.5 Å². The molecular formula is C27H40O3. The van der Waals surface area contributed by atoms with Gasteiger partial charge in [-0.25, -0.2) is 4.79 Å². The molecule has 3 heteroatoms. The van der Waals surface area contributed by atoms with Crippen LogP contribution in [-0.4, -0.2) is 19.2 Å². The Bertz CT molecular complexity index is 816. The van der Waals surface area contributed by atoms with Crippen LogP contribution in [0.15, 0.2) is 35.9 Å². The predicted octanol–water partition coefficient (Wildman–Crippen LogP) is 6.85. The molecule has 0 amide bonds. The van der Waals surface area contributed by atoms with Crippen LogP contribution in [0.25, 0.3) is 0 Å². The van der Waals surface area contributed by atoms with E-state index in [9.17, 15) is 4.79 Å². The third kappa shape index (κ3) is 6.00. The van der Waals surface area contributed by atoms with E-state index in [4.69, 9.17) is 9.47 Å². The highest BCUT2D eigenvalue weighted by atomic mass is 16.5. The van der Waals surface area contributed by atoms with Gasteiger partial charge in [-0.2, -0.15) is 0 Å². The van der Waals surface area contributed by atoms with Crippen LogP contribution in [0.1, 0.15) is 91.3 Å². The van der Waals surface area contributed by atoms with Gasteiger partial charge >= 0.3 is 5.97 Å². The van der Waals surface area contributed by atoms with E-state index >= 15 is 0 Å². The maximum Gasteiger partial charge on any atom is 0.333 e. The molecule has 2 rings (SSSR count). The molecular weight excluding hydrogens is 372 g/mol. The number of ether oxygens (including phenoxy) is 2. The lowest BCUT2D eigenvalue weighted by Gasteiger charge is -2.29. The summed E-state index contributed by atoms with van der Waals surface area (Å²) in [6, 6.07) is 4.70. The molecule has 0 bridgehead atoms. The minimum Gasteiger partial charge on any atom is -0.493 e. The first-order valence-corrected chi connectivity index (χ1v) is 11.2. The Balaban J connectivity index is 2.36. The van der Waals surface area contributed by atoms with Gasteiger partial charge < -0.3 is 9.47 Å². The molecule has 0 radical (unpaired) electrons. The molecule has 3 nitrogen and oxygen atoms in total. The largest absolute Gasteiger partial charge is 0.493 e. The summed E-state index contributed by atoms with van der Waals surface area (Å²) in [5.74, 6) is 1.75. The van der Waals surface area contributed by atoms with E-state index in [1.165, 1.54) is 16.7 Å². The van der Waals surface area contributed by atoms with E-state index < -0.39 is 0 Å². The summed E-state index contributed by atoms with van der Waals surface area (Å²) < 4.78 is 11.3. The second kappa shape index (κ2) is 9.41. The summed E-state index contributed by atoms with van der Waals surface area (Å²) in [5.41, 5.74) is 4.71. The fraction of sp³-hybridized carbons (Fsp3) is 0.593. The van der Waals surface area contributed by atoms with Gasteiger partial charge in [0.1, 0.15) is 5.75 Å². The van der Waals surface area contributed by atoms with Crippen LogP contribution in [0, 0.1) is 5.92 Å². The molecule has 1 aromatic carbocycles. The van der Waals surface area contributed by atoms with Crippen molar-refractivity contribution in [3.63, 3.8) is 0 Å². The van der Waals surface area contributed by atoms with Gasteiger partial charge in [-0.3, -0.25) is 0 Å². The first kappa shape index (κ1) is 24.2. The zero-order chi connectivity index (χ0) is 22.7. The highest BCUT2D eigenvalue weighted by Gasteiger charge is 2.40. The molecule has 2 unspecified atom stereocenters. The summed E-state index contributed by atoms with van der Waals surface area (Å²) >= 11 is 0. The minimum absolute atomic E-state index is 0.0141. The zero-order valence-corrected chi connectivity index (χ0v) is 20.4. The molecule has 1 fully saturated rings.